The quantitative estimate of drug-likeness (QED) is 0.446. The van der Waals surface area contributed by atoms with Gasteiger partial charge in [0.15, 0.2) is 23.2 Å². The number of aromatic nitrogens is 4. The Bertz CT molecular complexity index is 982. The van der Waals surface area contributed by atoms with Crippen LogP contribution in [0, 0.1) is 0 Å². The Morgan fingerprint density at radius 2 is 1.94 bits per heavy atom. The van der Waals surface area contributed by atoms with Crippen LogP contribution in [0.25, 0.3) is 11.2 Å². The number of rotatable bonds is 9. The van der Waals surface area contributed by atoms with Crippen LogP contribution in [-0.2, 0) is 9.47 Å². The molecule has 3 heterocycles. The van der Waals surface area contributed by atoms with Crippen LogP contribution < -0.4 is 5.32 Å². The second-order valence-electron chi connectivity index (χ2n) is 7.68. The van der Waals surface area contributed by atoms with E-state index >= 15 is 0 Å². The first kappa shape index (κ1) is 21.6. The largest absolute Gasteiger partial charge is 0.387 e. The van der Waals surface area contributed by atoms with Crippen LogP contribution >= 0.6 is 0 Å². The summed E-state index contributed by atoms with van der Waals surface area (Å²) in [5.74, 6) is 0.607. The zero-order chi connectivity index (χ0) is 21.8. The molecule has 31 heavy (non-hydrogen) atoms. The van der Waals surface area contributed by atoms with E-state index in [2.05, 4.69) is 39.3 Å². The van der Waals surface area contributed by atoms with Crippen LogP contribution in [0.3, 0.4) is 0 Å². The SMILES string of the molecule is CCCOC[C@H]1O[C@@H](n2cnc3c(N[C@H](CC)c4ccccc4)ncnc32)[C@@H](O)C1O. The minimum Gasteiger partial charge on any atom is -0.387 e. The summed E-state index contributed by atoms with van der Waals surface area (Å²) < 4.78 is 13.1. The second-order valence-corrected chi connectivity index (χ2v) is 7.68. The Morgan fingerprint density at radius 3 is 2.68 bits per heavy atom. The molecule has 3 aromatic rings. The summed E-state index contributed by atoms with van der Waals surface area (Å²) in [5, 5.41) is 24.4. The highest BCUT2D eigenvalue weighted by molar-refractivity contribution is 5.83. The Morgan fingerprint density at radius 1 is 1.13 bits per heavy atom. The molecule has 2 aromatic heterocycles. The van der Waals surface area contributed by atoms with Gasteiger partial charge in [0, 0.05) is 6.61 Å². The van der Waals surface area contributed by atoms with Crippen molar-refractivity contribution >= 4 is 17.0 Å². The van der Waals surface area contributed by atoms with Crippen molar-refractivity contribution in [3.8, 4) is 0 Å². The lowest BCUT2D eigenvalue weighted by molar-refractivity contribution is -0.0652. The summed E-state index contributed by atoms with van der Waals surface area (Å²) >= 11 is 0. The topological polar surface area (TPSA) is 115 Å². The monoisotopic (exact) mass is 427 g/mol. The van der Waals surface area contributed by atoms with Gasteiger partial charge >= 0.3 is 0 Å². The van der Waals surface area contributed by atoms with Crippen molar-refractivity contribution in [3.63, 3.8) is 0 Å². The molecule has 1 saturated heterocycles. The number of hydrogen-bond acceptors (Lipinski definition) is 8. The molecule has 3 N–H and O–H groups in total. The molecule has 0 radical (unpaired) electrons. The van der Waals surface area contributed by atoms with Crippen molar-refractivity contribution in [1.82, 2.24) is 19.5 Å². The van der Waals surface area contributed by atoms with Gasteiger partial charge in [-0.05, 0) is 18.4 Å². The molecule has 9 heteroatoms. The van der Waals surface area contributed by atoms with Crippen molar-refractivity contribution < 1.29 is 19.7 Å². The summed E-state index contributed by atoms with van der Waals surface area (Å²) in [4.78, 5) is 13.2. The number of aliphatic hydroxyl groups excluding tert-OH is 2. The van der Waals surface area contributed by atoms with Crippen molar-refractivity contribution in [2.75, 3.05) is 18.5 Å². The lowest BCUT2D eigenvalue weighted by atomic mass is 10.0. The Kier molecular flexibility index (Phi) is 6.77. The van der Waals surface area contributed by atoms with Crippen LogP contribution in [0.4, 0.5) is 5.82 Å². The van der Waals surface area contributed by atoms with E-state index in [1.165, 1.54) is 6.33 Å². The van der Waals surface area contributed by atoms with Gasteiger partial charge in [-0.2, -0.15) is 0 Å². The molecule has 1 fully saturated rings. The number of nitrogens with one attached hydrogen (secondary N) is 1. The first-order chi connectivity index (χ1) is 15.1. The van der Waals surface area contributed by atoms with E-state index in [4.69, 9.17) is 9.47 Å². The molecule has 0 saturated carbocycles. The highest BCUT2D eigenvalue weighted by atomic mass is 16.6. The smallest absolute Gasteiger partial charge is 0.167 e. The molecule has 166 valence electrons. The predicted octanol–water partition coefficient (Wildman–Crippen LogP) is 2.44. The number of nitrogens with zero attached hydrogens (tertiary/aromatic N) is 4. The van der Waals surface area contributed by atoms with Crippen molar-refractivity contribution in [3.05, 3.63) is 48.5 Å². The van der Waals surface area contributed by atoms with Crippen LogP contribution in [0.2, 0.25) is 0 Å². The zero-order valence-corrected chi connectivity index (χ0v) is 17.8. The fourth-order valence-electron chi connectivity index (χ4n) is 3.86. The predicted molar refractivity (Wildman–Crippen MR) is 115 cm³/mol. The lowest BCUT2D eigenvalue weighted by Crippen LogP contribution is -2.33. The van der Waals surface area contributed by atoms with Gasteiger partial charge in [-0.15, -0.1) is 0 Å². The van der Waals surface area contributed by atoms with Gasteiger partial charge in [-0.25, -0.2) is 15.0 Å². The summed E-state index contributed by atoms with van der Waals surface area (Å²) in [6.45, 7) is 4.90. The van der Waals surface area contributed by atoms with Crippen molar-refractivity contribution in [2.24, 2.45) is 0 Å². The van der Waals surface area contributed by atoms with Gasteiger partial charge in [-0.3, -0.25) is 4.57 Å². The number of ether oxygens (including phenoxy) is 2. The van der Waals surface area contributed by atoms with Crippen molar-refractivity contribution in [2.45, 2.75) is 57.3 Å². The maximum Gasteiger partial charge on any atom is 0.167 e. The molecule has 0 spiro atoms. The van der Waals surface area contributed by atoms with Gasteiger partial charge in [-0.1, -0.05) is 44.2 Å². The average Bonchev–Trinajstić information content (AvgIpc) is 3.35. The van der Waals surface area contributed by atoms with Gasteiger partial charge in [0.1, 0.15) is 24.6 Å². The van der Waals surface area contributed by atoms with E-state index in [0.29, 0.717) is 23.6 Å². The van der Waals surface area contributed by atoms with E-state index in [0.717, 1.165) is 18.4 Å². The van der Waals surface area contributed by atoms with Gasteiger partial charge in [0.2, 0.25) is 0 Å². The Balaban J connectivity index is 1.57. The minimum atomic E-state index is -1.12. The molecule has 9 nitrogen and oxygen atoms in total. The zero-order valence-electron chi connectivity index (χ0n) is 17.8. The number of imidazole rings is 1. The second kappa shape index (κ2) is 9.69. The van der Waals surface area contributed by atoms with E-state index in [1.807, 2.05) is 25.1 Å². The summed E-state index contributed by atoms with van der Waals surface area (Å²) in [7, 11) is 0. The van der Waals surface area contributed by atoms with E-state index in [1.54, 1.807) is 10.9 Å². The molecule has 1 aromatic carbocycles. The van der Waals surface area contributed by atoms with Crippen LogP contribution in [0.15, 0.2) is 43.0 Å². The highest BCUT2D eigenvalue weighted by Crippen LogP contribution is 2.33. The third kappa shape index (κ3) is 4.40. The number of hydrogen-bond donors (Lipinski definition) is 3. The molecular weight excluding hydrogens is 398 g/mol. The lowest BCUT2D eigenvalue weighted by Gasteiger charge is -2.19. The number of aliphatic hydroxyl groups is 2. The Hall–Kier alpha value is -2.59. The normalized spacial score (nSPS) is 24.5. The summed E-state index contributed by atoms with van der Waals surface area (Å²) in [6, 6.07) is 10.2. The number of benzene rings is 1. The molecule has 1 unspecified atom stereocenters. The van der Waals surface area contributed by atoms with Crippen molar-refractivity contribution in [1.29, 1.82) is 0 Å². The molecule has 0 amide bonds. The molecule has 1 aliphatic rings. The highest BCUT2D eigenvalue weighted by Gasteiger charge is 2.44. The molecule has 0 aliphatic carbocycles. The molecule has 5 atom stereocenters. The van der Waals surface area contributed by atoms with E-state index in [-0.39, 0.29) is 12.6 Å². The summed E-state index contributed by atoms with van der Waals surface area (Å²) in [6.07, 6.45) is 1.15. The van der Waals surface area contributed by atoms with E-state index < -0.39 is 24.5 Å². The van der Waals surface area contributed by atoms with Crippen LogP contribution in [0.5, 0.6) is 0 Å². The van der Waals surface area contributed by atoms with Gasteiger partial charge in [0.25, 0.3) is 0 Å². The fraction of sp³-hybridized carbons (Fsp3) is 0.500. The van der Waals surface area contributed by atoms with Gasteiger partial charge < -0.3 is 25.0 Å². The molecule has 1 aliphatic heterocycles. The first-order valence-corrected chi connectivity index (χ1v) is 10.7. The minimum absolute atomic E-state index is 0.0692. The molecular formula is C22H29N5O4. The van der Waals surface area contributed by atoms with Crippen LogP contribution in [-0.4, -0.2) is 61.3 Å². The van der Waals surface area contributed by atoms with Crippen LogP contribution in [0.1, 0.15) is 44.5 Å². The summed E-state index contributed by atoms with van der Waals surface area (Å²) in [5.41, 5.74) is 2.25. The Labute approximate surface area is 181 Å². The average molecular weight is 428 g/mol. The maximum atomic E-state index is 10.6. The first-order valence-electron chi connectivity index (χ1n) is 10.7. The van der Waals surface area contributed by atoms with E-state index in [9.17, 15) is 10.2 Å². The third-order valence-corrected chi connectivity index (χ3v) is 5.52. The number of fused-ring (bicyclic) bond motifs is 1. The third-order valence-electron chi connectivity index (χ3n) is 5.52. The fourth-order valence-corrected chi connectivity index (χ4v) is 3.86. The number of anilines is 1. The maximum absolute atomic E-state index is 10.6. The van der Waals surface area contributed by atoms with Gasteiger partial charge in [0.05, 0.1) is 19.0 Å². The standard InChI is InChI=1S/C22H29N5O4/c1-3-10-30-11-16-18(28)19(29)22(31-16)27-13-25-17-20(23-12-24-21(17)27)26-15(4-2)14-8-6-5-7-9-14/h5-9,12-13,15-16,18-19,22,28-29H,3-4,10-11H2,1-2H3,(H,23,24,26)/t15-,16-,18?,19+,22-/m1/s1. The molecule has 0 bridgehead atoms. The molecule has 4 rings (SSSR count).